The Hall–Kier alpha value is -2.89. The predicted octanol–water partition coefficient (Wildman–Crippen LogP) is 2.74. The van der Waals surface area contributed by atoms with Crippen LogP contribution in [0, 0.1) is 17.0 Å². The Bertz CT molecular complexity index is 683. The number of hydrogen-bond donors (Lipinski definition) is 2. The Balaban J connectivity index is 2.27. The molecule has 0 radical (unpaired) electrons. The first kappa shape index (κ1) is 13.5. The summed E-state index contributed by atoms with van der Waals surface area (Å²) in [4.78, 5) is 22.3. The molecule has 0 atom stereocenters. The van der Waals surface area contributed by atoms with E-state index < -0.39 is 10.8 Å². The van der Waals surface area contributed by atoms with Crippen molar-refractivity contribution < 1.29 is 9.72 Å². The van der Waals surface area contributed by atoms with Crippen molar-refractivity contribution in [1.29, 1.82) is 0 Å². The predicted molar refractivity (Wildman–Crippen MR) is 76.6 cm³/mol. The van der Waals surface area contributed by atoms with Crippen LogP contribution in [0.15, 0.2) is 42.5 Å². The van der Waals surface area contributed by atoms with Crippen molar-refractivity contribution in [2.24, 2.45) is 0 Å². The number of nitrogens with zero attached hydrogens (tertiary/aromatic N) is 1. The molecule has 0 heterocycles. The fraction of sp³-hybridized carbons (Fsp3) is 0.0714. The summed E-state index contributed by atoms with van der Waals surface area (Å²) in [6.45, 7) is 1.70. The van der Waals surface area contributed by atoms with E-state index in [1.54, 1.807) is 37.3 Å². The van der Waals surface area contributed by atoms with Gasteiger partial charge in [0.1, 0.15) is 0 Å². The summed E-state index contributed by atoms with van der Waals surface area (Å²) in [5.41, 5.74) is 7.46. The molecule has 102 valence electrons. The summed E-state index contributed by atoms with van der Waals surface area (Å²) >= 11 is 0. The van der Waals surface area contributed by atoms with Crippen LogP contribution in [0.4, 0.5) is 17.1 Å². The van der Waals surface area contributed by atoms with Crippen molar-refractivity contribution >= 4 is 23.0 Å². The molecule has 2 aromatic carbocycles. The topological polar surface area (TPSA) is 98.3 Å². The monoisotopic (exact) mass is 271 g/mol. The quantitative estimate of drug-likeness (QED) is 0.509. The van der Waals surface area contributed by atoms with Gasteiger partial charge < -0.3 is 11.1 Å². The highest BCUT2D eigenvalue weighted by atomic mass is 16.6. The van der Waals surface area contributed by atoms with Crippen molar-refractivity contribution in [3.05, 3.63) is 63.7 Å². The lowest BCUT2D eigenvalue weighted by Crippen LogP contribution is -2.12. The minimum atomic E-state index is -0.524. The molecule has 6 nitrogen and oxygen atoms in total. The highest BCUT2D eigenvalue weighted by Crippen LogP contribution is 2.19. The summed E-state index contributed by atoms with van der Waals surface area (Å²) in [7, 11) is 0. The van der Waals surface area contributed by atoms with Gasteiger partial charge in [0.05, 0.1) is 4.92 Å². The van der Waals surface area contributed by atoms with Crippen LogP contribution in [0.2, 0.25) is 0 Å². The number of nitro groups is 1. The molecule has 2 aromatic rings. The molecule has 0 aromatic heterocycles. The average Bonchev–Trinajstić information content (AvgIpc) is 2.37. The van der Waals surface area contributed by atoms with Crippen molar-refractivity contribution in [3.63, 3.8) is 0 Å². The van der Waals surface area contributed by atoms with Gasteiger partial charge in [0, 0.05) is 29.1 Å². The molecule has 0 spiro atoms. The number of amides is 1. The Morgan fingerprint density at radius 1 is 1.25 bits per heavy atom. The van der Waals surface area contributed by atoms with E-state index in [0.29, 0.717) is 16.9 Å². The number of benzene rings is 2. The lowest BCUT2D eigenvalue weighted by Gasteiger charge is -2.06. The van der Waals surface area contributed by atoms with Gasteiger partial charge in [0.25, 0.3) is 11.6 Å². The van der Waals surface area contributed by atoms with Gasteiger partial charge in [-0.2, -0.15) is 0 Å². The summed E-state index contributed by atoms with van der Waals surface area (Å²) in [6, 6.07) is 11.0. The zero-order valence-corrected chi connectivity index (χ0v) is 10.8. The molecule has 0 fully saturated rings. The molecule has 0 unspecified atom stereocenters. The van der Waals surface area contributed by atoms with Gasteiger partial charge in [-0.3, -0.25) is 14.9 Å². The van der Waals surface area contributed by atoms with E-state index in [2.05, 4.69) is 5.32 Å². The highest BCUT2D eigenvalue weighted by molar-refractivity contribution is 6.05. The highest BCUT2D eigenvalue weighted by Gasteiger charge is 2.13. The molecule has 0 bridgehead atoms. The number of nitrogens with one attached hydrogen (secondary N) is 1. The number of aryl methyl sites for hydroxylation is 1. The van der Waals surface area contributed by atoms with Crippen LogP contribution >= 0.6 is 0 Å². The van der Waals surface area contributed by atoms with Crippen LogP contribution in [0.25, 0.3) is 0 Å². The smallest absolute Gasteiger partial charge is 0.270 e. The minimum absolute atomic E-state index is 0.109. The number of nitrogen functional groups attached to an aromatic ring is 1. The number of rotatable bonds is 3. The standard InChI is InChI=1S/C14H13N3O3/c1-9-5-10(7-13(6-9)17(19)20)14(18)16-12-4-2-3-11(15)8-12/h2-8H,15H2,1H3,(H,16,18). The lowest BCUT2D eigenvalue weighted by molar-refractivity contribution is -0.384. The third-order valence-electron chi connectivity index (χ3n) is 2.68. The van der Waals surface area contributed by atoms with Crippen molar-refractivity contribution in [1.82, 2.24) is 0 Å². The van der Waals surface area contributed by atoms with E-state index in [4.69, 9.17) is 5.73 Å². The molecule has 1 amide bonds. The number of anilines is 2. The van der Waals surface area contributed by atoms with Gasteiger partial charge in [-0.1, -0.05) is 6.07 Å². The normalized spacial score (nSPS) is 10.1. The number of carbonyl (C=O) groups excluding carboxylic acids is 1. The van der Waals surface area contributed by atoms with Crippen molar-refractivity contribution in [2.45, 2.75) is 6.92 Å². The second kappa shape index (κ2) is 5.40. The Kier molecular flexibility index (Phi) is 3.65. The van der Waals surface area contributed by atoms with Gasteiger partial charge in [0.15, 0.2) is 0 Å². The van der Waals surface area contributed by atoms with Gasteiger partial charge in [-0.05, 0) is 36.8 Å². The fourth-order valence-corrected chi connectivity index (χ4v) is 1.82. The Morgan fingerprint density at radius 2 is 2.00 bits per heavy atom. The summed E-state index contributed by atoms with van der Waals surface area (Å²) in [6.07, 6.45) is 0. The van der Waals surface area contributed by atoms with E-state index >= 15 is 0 Å². The molecule has 0 saturated heterocycles. The summed E-state index contributed by atoms with van der Waals surface area (Å²) < 4.78 is 0. The molecule has 3 N–H and O–H groups in total. The van der Waals surface area contributed by atoms with Gasteiger partial charge in [0.2, 0.25) is 0 Å². The maximum atomic E-state index is 12.1. The number of nitrogens with two attached hydrogens (primary N) is 1. The maximum Gasteiger partial charge on any atom is 0.270 e. The molecule has 20 heavy (non-hydrogen) atoms. The van der Waals surface area contributed by atoms with E-state index in [1.165, 1.54) is 12.1 Å². The van der Waals surface area contributed by atoms with Gasteiger partial charge >= 0.3 is 0 Å². The van der Waals surface area contributed by atoms with E-state index in [9.17, 15) is 14.9 Å². The second-order valence-corrected chi connectivity index (χ2v) is 4.39. The van der Waals surface area contributed by atoms with Crippen molar-refractivity contribution in [3.8, 4) is 0 Å². The van der Waals surface area contributed by atoms with E-state index in [-0.39, 0.29) is 11.3 Å². The first-order chi connectivity index (χ1) is 9.45. The number of carbonyl (C=O) groups is 1. The van der Waals surface area contributed by atoms with Gasteiger partial charge in [-0.25, -0.2) is 0 Å². The van der Waals surface area contributed by atoms with E-state index in [1.807, 2.05) is 0 Å². The molecule has 2 rings (SSSR count). The third-order valence-corrected chi connectivity index (χ3v) is 2.68. The largest absolute Gasteiger partial charge is 0.399 e. The van der Waals surface area contributed by atoms with Crippen LogP contribution < -0.4 is 11.1 Å². The molecule has 0 aliphatic heterocycles. The number of nitro benzene ring substituents is 1. The van der Waals surface area contributed by atoms with Crippen LogP contribution in [0.1, 0.15) is 15.9 Å². The summed E-state index contributed by atoms with van der Waals surface area (Å²) in [5, 5.41) is 13.4. The van der Waals surface area contributed by atoms with Gasteiger partial charge in [-0.15, -0.1) is 0 Å². The summed E-state index contributed by atoms with van der Waals surface area (Å²) in [5.74, 6) is -0.414. The van der Waals surface area contributed by atoms with Crippen LogP contribution in [-0.4, -0.2) is 10.8 Å². The zero-order chi connectivity index (χ0) is 14.7. The second-order valence-electron chi connectivity index (χ2n) is 4.39. The number of hydrogen-bond acceptors (Lipinski definition) is 4. The fourth-order valence-electron chi connectivity index (χ4n) is 1.82. The van der Waals surface area contributed by atoms with Crippen LogP contribution in [0.3, 0.4) is 0 Å². The molecular weight excluding hydrogens is 258 g/mol. The first-order valence-corrected chi connectivity index (χ1v) is 5.88. The number of non-ortho nitro benzene ring substituents is 1. The third kappa shape index (κ3) is 3.11. The van der Waals surface area contributed by atoms with E-state index in [0.717, 1.165) is 0 Å². The average molecular weight is 271 g/mol. The Morgan fingerprint density at radius 3 is 2.65 bits per heavy atom. The molecule has 0 saturated carbocycles. The zero-order valence-electron chi connectivity index (χ0n) is 10.8. The molecule has 6 heteroatoms. The van der Waals surface area contributed by atoms with Crippen molar-refractivity contribution in [2.75, 3.05) is 11.1 Å². The van der Waals surface area contributed by atoms with Crippen LogP contribution in [-0.2, 0) is 0 Å². The Labute approximate surface area is 115 Å². The first-order valence-electron chi connectivity index (χ1n) is 5.88. The SMILES string of the molecule is Cc1cc(C(=O)Nc2cccc(N)c2)cc([N+](=O)[O-])c1. The minimum Gasteiger partial charge on any atom is -0.399 e. The van der Waals surface area contributed by atoms with Crippen LogP contribution in [0.5, 0.6) is 0 Å². The molecular formula is C14H13N3O3. The molecule has 0 aliphatic carbocycles. The molecule has 0 aliphatic rings. The maximum absolute atomic E-state index is 12.1. The lowest BCUT2D eigenvalue weighted by atomic mass is 10.1.